The van der Waals surface area contributed by atoms with E-state index in [1.807, 2.05) is 6.92 Å². The number of aryl methyl sites for hydroxylation is 1. The fourth-order valence-electron chi connectivity index (χ4n) is 1.32. The highest BCUT2D eigenvalue weighted by molar-refractivity contribution is 5.54. The highest BCUT2D eigenvalue weighted by Gasteiger charge is 2.03. The van der Waals surface area contributed by atoms with Gasteiger partial charge in [0, 0.05) is 18.7 Å². The van der Waals surface area contributed by atoms with Crippen LogP contribution in [0.1, 0.15) is 18.3 Å². The van der Waals surface area contributed by atoms with Crippen LogP contribution in [0, 0.1) is 0 Å². The molecule has 0 amide bonds. The second-order valence-electron chi connectivity index (χ2n) is 3.56. The van der Waals surface area contributed by atoms with Crippen LogP contribution in [0.15, 0.2) is 18.3 Å². The second kappa shape index (κ2) is 5.85. The lowest BCUT2D eigenvalue weighted by Gasteiger charge is -2.02. The number of carbonyl (C=O) groups excluding carboxylic acids is 1. The molecule has 94 valence electrons. The Morgan fingerprint density at radius 2 is 2.33 bits per heavy atom. The van der Waals surface area contributed by atoms with Gasteiger partial charge in [0.05, 0.1) is 6.54 Å². The van der Waals surface area contributed by atoms with E-state index in [1.54, 1.807) is 18.3 Å². The summed E-state index contributed by atoms with van der Waals surface area (Å²) in [5, 5.41) is 11.7. The molecule has 2 aromatic heterocycles. The van der Waals surface area contributed by atoms with Gasteiger partial charge in [0.1, 0.15) is 6.29 Å². The summed E-state index contributed by atoms with van der Waals surface area (Å²) < 4.78 is 5.41. The van der Waals surface area contributed by atoms with Crippen LogP contribution in [0.5, 0.6) is 5.88 Å². The summed E-state index contributed by atoms with van der Waals surface area (Å²) in [5.74, 6) is 0.980. The Morgan fingerprint density at radius 1 is 1.44 bits per heavy atom. The first-order valence-corrected chi connectivity index (χ1v) is 5.60. The number of ether oxygens (including phenoxy) is 1. The van der Waals surface area contributed by atoms with Crippen molar-refractivity contribution in [2.24, 2.45) is 0 Å². The van der Waals surface area contributed by atoms with Crippen LogP contribution < -0.4 is 4.74 Å². The smallest absolute Gasteiger partial charge is 0.213 e. The molecule has 0 fully saturated rings. The van der Waals surface area contributed by atoms with E-state index in [1.165, 1.54) is 4.80 Å². The van der Waals surface area contributed by atoms with Crippen LogP contribution in [-0.4, -0.2) is 31.5 Å². The maximum absolute atomic E-state index is 10.3. The minimum atomic E-state index is 0.222. The van der Waals surface area contributed by atoms with Crippen molar-refractivity contribution in [1.82, 2.24) is 25.2 Å². The summed E-state index contributed by atoms with van der Waals surface area (Å²) >= 11 is 0. The quantitative estimate of drug-likeness (QED) is 0.687. The Hall–Kier alpha value is -2.31. The second-order valence-corrected chi connectivity index (χ2v) is 3.56. The molecule has 0 saturated carbocycles. The van der Waals surface area contributed by atoms with Crippen LogP contribution >= 0.6 is 0 Å². The molecular formula is C11H13N5O2. The summed E-state index contributed by atoms with van der Waals surface area (Å²) in [6, 6.07) is 3.51. The number of hydrogen-bond acceptors (Lipinski definition) is 6. The zero-order chi connectivity index (χ0) is 12.8. The Morgan fingerprint density at radius 3 is 2.94 bits per heavy atom. The molecular weight excluding hydrogens is 234 g/mol. The number of aldehydes is 1. The van der Waals surface area contributed by atoms with Gasteiger partial charge >= 0.3 is 0 Å². The summed E-state index contributed by atoms with van der Waals surface area (Å²) in [5.41, 5.74) is 0.854. The SMILES string of the molecule is CCn1nnc(COc2ccc(CC=O)cn2)n1. The van der Waals surface area contributed by atoms with E-state index < -0.39 is 0 Å². The number of nitrogens with zero attached hydrogens (tertiary/aromatic N) is 5. The fraction of sp³-hybridized carbons (Fsp3) is 0.364. The first kappa shape index (κ1) is 12.2. The number of pyridine rings is 1. The summed E-state index contributed by atoms with van der Waals surface area (Å²) in [6.45, 7) is 2.82. The van der Waals surface area contributed by atoms with Gasteiger partial charge in [-0.15, -0.1) is 10.2 Å². The first-order chi connectivity index (χ1) is 8.81. The van der Waals surface area contributed by atoms with E-state index in [4.69, 9.17) is 4.74 Å². The summed E-state index contributed by atoms with van der Waals surface area (Å²) in [6.07, 6.45) is 2.81. The third kappa shape index (κ3) is 3.09. The highest BCUT2D eigenvalue weighted by Crippen LogP contribution is 2.08. The van der Waals surface area contributed by atoms with Crippen molar-refractivity contribution in [1.29, 1.82) is 0 Å². The first-order valence-electron chi connectivity index (χ1n) is 5.60. The maximum Gasteiger partial charge on any atom is 0.213 e. The minimum absolute atomic E-state index is 0.222. The van der Waals surface area contributed by atoms with Crippen molar-refractivity contribution < 1.29 is 9.53 Å². The van der Waals surface area contributed by atoms with Crippen molar-refractivity contribution in [2.45, 2.75) is 26.5 Å². The van der Waals surface area contributed by atoms with Gasteiger partial charge in [-0.05, 0) is 17.7 Å². The molecule has 0 bridgehead atoms. The Labute approximate surface area is 104 Å². The van der Waals surface area contributed by atoms with E-state index in [9.17, 15) is 4.79 Å². The Bertz CT molecular complexity index is 508. The molecule has 0 spiro atoms. The van der Waals surface area contributed by atoms with E-state index >= 15 is 0 Å². The standard InChI is InChI=1S/C11H13N5O2/c1-2-16-14-10(13-15-16)8-18-11-4-3-9(5-6-17)7-12-11/h3-4,6-7H,2,5,8H2,1H3. The van der Waals surface area contributed by atoms with Gasteiger partial charge in [0.2, 0.25) is 11.7 Å². The topological polar surface area (TPSA) is 82.8 Å². The third-order valence-electron chi connectivity index (χ3n) is 2.24. The minimum Gasteiger partial charge on any atom is -0.469 e. The molecule has 0 atom stereocenters. The molecule has 2 rings (SSSR count). The molecule has 0 aliphatic rings. The average Bonchev–Trinajstić information content (AvgIpc) is 2.86. The van der Waals surface area contributed by atoms with Gasteiger partial charge < -0.3 is 9.53 Å². The van der Waals surface area contributed by atoms with Gasteiger partial charge in [0.25, 0.3) is 0 Å². The van der Waals surface area contributed by atoms with Gasteiger partial charge in [-0.25, -0.2) is 4.98 Å². The molecule has 0 saturated heterocycles. The monoisotopic (exact) mass is 247 g/mol. The molecule has 2 aromatic rings. The lowest BCUT2D eigenvalue weighted by atomic mass is 10.2. The van der Waals surface area contributed by atoms with Crippen LogP contribution in [0.25, 0.3) is 0 Å². The molecule has 18 heavy (non-hydrogen) atoms. The number of rotatable bonds is 6. The summed E-state index contributed by atoms with van der Waals surface area (Å²) in [7, 11) is 0. The zero-order valence-electron chi connectivity index (χ0n) is 9.98. The Kier molecular flexibility index (Phi) is 3.95. The van der Waals surface area contributed by atoms with Crippen LogP contribution in [0.3, 0.4) is 0 Å². The van der Waals surface area contributed by atoms with Crippen LogP contribution in [0.4, 0.5) is 0 Å². The van der Waals surface area contributed by atoms with Gasteiger partial charge in [-0.3, -0.25) is 0 Å². The molecule has 0 aromatic carbocycles. The van der Waals surface area contributed by atoms with Crippen molar-refractivity contribution >= 4 is 6.29 Å². The lowest BCUT2D eigenvalue weighted by molar-refractivity contribution is -0.107. The fourth-order valence-corrected chi connectivity index (χ4v) is 1.32. The molecule has 0 aliphatic carbocycles. The van der Waals surface area contributed by atoms with Crippen molar-refractivity contribution in [3.8, 4) is 5.88 Å². The summed E-state index contributed by atoms with van der Waals surface area (Å²) in [4.78, 5) is 15.9. The van der Waals surface area contributed by atoms with Crippen LogP contribution in [-0.2, 0) is 24.4 Å². The molecule has 0 unspecified atom stereocenters. The van der Waals surface area contributed by atoms with E-state index in [0.29, 0.717) is 24.7 Å². The number of carbonyl (C=O) groups is 1. The molecule has 0 radical (unpaired) electrons. The van der Waals surface area contributed by atoms with Gasteiger partial charge in [-0.2, -0.15) is 4.80 Å². The zero-order valence-corrected chi connectivity index (χ0v) is 9.98. The van der Waals surface area contributed by atoms with E-state index in [2.05, 4.69) is 20.4 Å². The van der Waals surface area contributed by atoms with Gasteiger partial charge in [-0.1, -0.05) is 6.07 Å². The van der Waals surface area contributed by atoms with E-state index in [-0.39, 0.29) is 6.61 Å². The molecule has 7 heteroatoms. The van der Waals surface area contributed by atoms with Crippen molar-refractivity contribution in [3.63, 3.8) is 0 Å². The average molecular weight is 247 g/mol. The predicted molar refractivity (Wildman–Crippen MR) is 61.8 cm³/mol. The largest absolute Gasteiger partial charge is 0.469 e. The number of tetrazole rings is 1. The normalized spacial score (nSPS) is 10.3. The van der Waals surface area contributed by atoms with Gasteiger partial charge in [0.15, 0.2) is 6.61 Å². The molecule has 0 N–H and O–H groups in total. The maximum atomic E-state index is 10.3. The molecule has 7 nitrogen and oxygen atoms in total. The highest BCUT2D eigenvalue weighted by atomic mass is 16.5. The third-order valence-corrected chi connectivity index (χ3v) is 2.24. The Balaban J connectivity index is 1.91. The van der Waals surface area contributed by atoms with E-state index in [0.717, 1.165) is 11.8 Å². The predicted octanol–water partition coefficient (Wildman–Crippen LogP) is 0.408. The molecule has 0 aliphatic heterocycles. The van der Waals surface area contributed by atoms with Crippen molar-refractivity contribution in [2.75, 3.05) is 0 Å². The van der Waals surface area contributed by atoms with Crippen molar-refractivity contribution in [3.05, 3.63) is 29.7 Å². The molecule has 2 heterocycles. The number of hydrogen-bond donors (Lipinski definition) is 0. The number of aromatic nitrogens is 5. The lowest BCUT2D eigenvalue weighted by Crippen LogP contribution is -2.02. The van der Waals surface area contributed by atoms with Crippen LogP contribution in [0.2, 0.25) is 0 Å².